The van der Waals surface area contributed by atoms with E-state index in [-0.39, 0.29) is 6.61 Å². The number of halogens is 4. The van der Waals surface area contributed by atoms with Gasteiger partial charge in [0.15, 0.2) is 0 Å². The SMILES string of the molecule is FC(F)(F)COCCCN1CCC(CCl)CC1. The zero-order valence-electron chi connectivity index (χ0n) is 9.81. The van der Waals surface area contributed by atoms with Crippen molar-refractivity contribution in [3.63, 3.8) is 0 Å². The summed E-state index contributed by atoms with van der Waals surface area (Å²) in [4.78, 5) is 2.26. The predicted octanol–water partition coefficient (Wildman–Crippen LogP) is 2.91. The molecule has 0 aromatic heterocycles. The average molecular weight is 274 g/mol. The average Bonchev–Trinajstić information content (AvgIpc) is 2.28. The largest absolute Gasteiger partial charge is 0.411 e. The highest BCUT2D eigenvalue weighted by atomic mass is 35.5. The number of likely N-dealkylation sites (tertiary alicyclic amines) is 1. The minimum atomic E-state index is -4.21. The molecule has 0 unspecified atom stereocenters. The molecule has 0 spiro atoms. The Morgan fingerprint density at radius 3 is 2.41 bits per heavy atom. The summed E-state index contributed by atoms with van der Waals surface area (Å²) in [5.41, 5.74) is 0. The first kappa shape index (κ1) is 15.1. The first-order valence-corrected chi connectivity index (χ1v) is 6.47. The zero-order valence-corrected chi connectivity index (χ0v) is 10.6. The van der Waals surface area contributed by atoms with Gasteiger partial charge in [0.25, 0.3) is 0 Å². The lowest BCUT2D eigenvalue weighted by Crippen LogP contribution is -2.35. The van der Waals surface area contributed by atoms with Crippen molar-refractivity contribution in [1.82, 2.24) is 4.90 Å². The third-order valence-electron chi connectivity index (χ3n) is 2.95. The van der Waals surface area contributed by atoms with E-state index in [0.717, 1.165) is 32.5 Å². The molecule has 0 bridgehead atoms. The maximum atomic E-state index is 11.8. The number of piperidine rings is 1. The van der Waals surface area contributed by atoms with Gasteiger partial charge < -0.3 is 9.64 Å². The molecule has 1 aliphatic heterocycles. The van der Waals surface area contributed by atoms with Crippen LogP contribution in [0.5, 0.6) is 0 Å². The van der Waals surface area contributed by atoms with E-state index in [0.29, 0.717) is 18.2 Å². The van der Waals surface area contributed by atoms with Crippen LogP contribution < -0.4 is 0 Å². The molecule has 1 aliphatic rings. The molecule has 0 amide bonds. The summed E-state index contributed by atoms with van der Waals surface area (Å²) in [5.74, 6) is 1.32. The molecule has 17 heavy (non-hydrogen) atoms. The highest BCUT2D eigenvalue weighted by Gasteiger charge is 2.27. The summed E-state index contributed by atoms with van der Waals surface area (Å²) >= 11 is 5.77. The van der Waals surface area contributed by atoms with Gasteiger partial charge in [0.1, 0.15) is 6.61 Å². The van der Waals surface area contributed by atoms with Crippen molar-refractivity contribution in [2.75, 3.05) is 38.7 Å². The fraction of sp³-hybridized carbons (Fsp3) is 1.00. The number of alkyl halides is 4. The molecule has 6 heteroatoms. The van der Waals surface area contributed by atoms with Gasteiger partial charge in [0.05, 0.1) is 0 Å². The predicted molar refractivity (Wildman–Crippen MR) is 61.4 cm³/mol. The van der Waals surface area contributed by atoms with Crippen molar-refractivity contribution < 1.29 is 17.9 Å². The standard InChI is InChI=1S/C11H19ClF3NO/c12-8-10-2-5-16(6-3-10)4-1-7-17-9-11(13,14)15/h10H,1-9H2. The minimum absolute atomic E-state index is 0.176. The van der Waals surface area contributed by atoms with Crippen molar-refractivity contribution in [2.24, 2.45) is 5.92 Å². The summed E-state index contributed by atoms with van der Waals surface area (Å²) < 4.78 is 39.9. The van der Waals surface area contributed by atoms with E-state index in [9.17, 15) is 13.2 Å². The lowest BCUT2D eigenvalue weighted by atomic mass is 9.99. The van der Waals surface area contributed by atoms with Crippen LogP contribution in [0.3, 0.4) is 0 Å². The van der Waals surface area contributed by atoms with Crippen LogP contribution in [-0.4, -0.2) is 49.8 Å². The highest BCUT2D eigenvalue weighted by molar-refractivity contribution is 6.18. The number of rotatable bonds is 6. The van der Waals surface area contributed by atoms with Crippen LogP contribution >= 0.6 is 11.6 Å². The first-order chi connectivity index (χ1) is 8.01. The minimum Gasteiger partial charge on any atom is -0.372 e. The second-order valence-electron chi connectivity index (χ2n) is 4.46. The topological polar surface area (TPSA) is 12.5 Å². The molecule has 1 heterocycles. The summed E-state index contributed by atoms with van der Waals surface area (Å²) in [6.45, 7) is 1.84. The molecule has 0 radical (unpaired) electrons. The molecule has 102 valence electrons. The number of hydrogen-bond donors (Lipinski definition) is 0. The molecule has 1 saturated heterocycles. The van der Waals surface area contributed by atoms with E-state index in [2.05, 4.69) is 9.64 Å². The fourth-order valence-electron chi connectivity index (χ4n) is 1.94. The van der Waals surface area contributed by atoms with Gasteiger partial charge in [-0.2, -0.15) is 13.2 Å². The molecule has 0 saturated carbocycles. The molecule has 0 atom stereocenters. The Hall–Kier alpha value is 0. The van der Waals surface area contributed by atoms with Crippen LogP contribution in [0, 0.1) is 5.92 Å². The van der Waals surface area contributed by atoms with E-state index < -0.39 is 12.8 Å². The van der Waals surface area contributed by atoms with Gasteiger partial charge in [0, 0.05) is 19.0 Å². The smallest absolute Gasteiger partial charge is 0.372 e. The Labute approximate surface area is 105 Å². The lowest BCUT2D eigenvalue weighted by Gasteiger charge is -2.30. The van der Waals surface area contributed by atoms with Crippen LogP contribution in [-0.2, 0) is 4.74 Å². The summed E-state index contributed by atoms with van der Waals surface area (Å²) in [7, 11) is 0. The Morgan fingerprint density at radius 1 is 1.24 bits per heavy atom. The fourth-order valence-corrected chi connectivity index (χ4v) is 2.25. The van der Waals surface area contributed by atoms with E-state index in [1.165, 1.54) is 0 Å². The van der Waals surface area contributed by atoms with Gasteiger partial charge in [-0.15, -0.1) is 11.6 Å². The number of nitrogens with zero attached hydrogens (tertiary/aromatic N) is 1. The van der Waals surface area contributed by atoms with Crippen molar-refractivity contribution in [1.29, 1.82) is 0 Å². The Morgan fingerprint density at radius 2 is 1.88 bits per heavy atom. The van der Waals surface area contributed by atoms with E-state index in [4.69, 9.17) is 11.6 Å². The molecule has 1 fully saturated rings. The maximum absolute atomic E-state index is 11.8. The van der Waals surface area contributed by atoms with E-state index in [1.54, 1.807) is 0 Å². The molecule has 0 aromatic rings. The normalized spacial score (nSPS) is 19.8. The first-order valence-electron chi connectivity index (χ1n) is 5.94. The zero-order chi connectivity index (χ0) is 12.7. The Bertz CT molecular complexity index is 205. The quantitative estimate of drug-likeness (QED) is 0.545. The van der Waals surface area contributed by atoms with Crippen molar-refractivity contribution in [2.45, 2.75) is 25.4 Å². The summed E-state index contributed by atoms with van der Waals surface area (Å²) in [6, 6.07) is 0. The van der Waals surface area contributed by atoms with Crippen molar-refractivity contribution in [3.05, 3.63) is 0 Å². The Balaban J connectivity index is 1.97. The van der Waals surface area contributed by atoms with Gasteiger partial charge >= 0.3 is 6.18 Å². The van der Waals surface area contributed by atoms with Gasteiger partial charge in [0.2, 0.25) is 0 Å². The molecule has 1 rings (SSSR count). The molecule has 0 N–H and O–H groups in total. The molecule has 0 aliphatic carbocycles. The third-order valence-corrected chi connectivity index (χ3v) is 3.39. The van der Waals surface area contributed by atoms with Crippen molar-refractivity contribution in [3.8, 4) is 0 Å². The second-order valence-corrected chi connectivity index (χ2v) is 4.77. The monoisotopic (exact) mass is 273 g/mol. The maximum Gasteiger partial charge on any atom is 0.411 e. The van der Waals surface area contributed by atoms with Crippen LogP contribution in [0.2, 0.25) is 0 Å². The second kappa shape index (κ2) is 7.44. The summed E-state index contributed by atoms with van der Waals surface area (Å²) in [6.07, 6.45) is -1.37. The van der Waals surface area contributed by atoms with Gasteiger partial charge in [-0.05, 0) is 38.3 Å². The molecular weight excluding hydrogens is 255 g/mol. The van der Waals surface area contributed by atoms with E-state index >= 15 is 0 Å². The number of ether oxygens (including phenoxy) is 1. The third kappa shape index (κ3) is 7.11. The van der Waals surface area contributed by atoms with Crippen LogP contribution in [0.4, 0.5) is 13.2 Å². The van der Waals surface area contributed by atoms with Crippen LogP contribution in [0.25, 0.3) is 0 Å². The summed E-state index contributed by atoms with van der Waals surface area (Å²) in [5, 5.41) is 0. The van der Waals surface area contributed by atoms with Gasteiger partial charge in [-0.1, -0.05) is 0 Å². The van der Waals surface area contributed by atoms with Crippen molar-refractivity contribution >= 4 is 11.6 Å². The molecular formula is C11H19ClF3NO. The number of hydrogen-bond acceptors (Lipinski definition) is 2. The molecule has 2 nitrogen and oxygen atoms in total. The van der Waals surface area contributed by atoms with Crippen LogP contribution in [0.15, 0.2) is 0 Å². The van der Waals surface area contributed by atoms with E-state index in [1.807, 2.05) is 0 Å². The highest BCUT2D eigenvalue weighted by Crippen LogP contribution is 2.18. The lowest BCUT2D eigenvalue weighted by molar-refractivity contribution is -0.174. The Kier molecular flexibility index (Phi) is 6.59. The van der Waals surface area contributed by atoms with Crippen LogP contribution in [0.1, 0.15) is 19.3 Å². The molecule has 0 aromatic carbocycles. The van der Waals surface area contributed by atoms with Gasteiger partial charge in [-0.25, -0.2) is 0 Å². The van der Waals surface area contributed by atoms with Gasteiger partial charge in [-0.3, -0.25) is 0 Å².